The highest BCUT2D eigenvalue weighted by molar-refractivity contribution is 7.85. The van der Waals surface area contributed by atoms with Crippen LogP contribution in [0.15, 0.2) is 30.6 Å². The molecule has 0 spiro atoms. The maximum Gasteiger partial charge on any atom is 0.418 e. The van der Waals surface area contributed by atoms with Gasteiger partial charge in [0.2, 0.25) is 0 Å². The zero-order valence-corrected chi connectivity index (χ0v) is 13.8. The van der Waals surface area contributed by atoms with Gasteiger partial charge in [-0.05, 0) is 37.8 Å². The first kappa shape index (κ1) is 16.5. The SMILES string of the molecule is CC(C)(C)OC(=O)n1cc2ccc(COS(C)(=O)=O)cc2c1. The zero-order chi connectivity index (χ0) is 16.5. The molecule has 0 N–H and O–H groups in total. The molecule has 0 aliphatic heterocycles. The molecule has 6 nitrogen and oxygen atoms in total. The van der Waals surface area contributed by atoms with Crippen molar-refractivity contribution in [3.8, 4) is 0 Å². The van der Waals surface area contributed by atoms with Crippen LogP contribution in [-0.2, 0) is 25.6 Å². The van der Waals surface area contributed by atoms with Crippen LogP contribution in [-0.4, -0.2) is 30.9 Å². The molecular weight excluding hydrogens is 306 g/mol. The van der Waals surface area contributed by atoms with Gasteiger partial charge in [-0.3, -0.25) is 8.75 Å². The second-order valence-electron chi connectivity index (χ2n) is 6.08. The van der Waals surface area contributed by atoms with E-state index in [0.29, 0.717) is 5.56 Å². The summed E-state index contributed by atoms with van der Waals surface area (Å²) in [7, 11) is -3.48. The van der Waals surface area contributed by atoms with Gasteiger partial charge >= 0.3 is 6.09 Å². The minimum absolute atomic E-state index is 0.0353. The van der Waals surface area contributed by atoms with Gasteiger partial charge in [-0.1, -0.05) is 12.1 Å². The number of rotatable bonds is 3. The first-order valence-corrected chi connectivity index (χ1v) is 8.53. The maximum absolute atomic E-state index is 12.0. The molecule has 0 aliphatic rings. The van der Waals surface area contributed by atoms with E-state index in [1.807, 2.05) is 0 Å². The van der Waals surface area contributed by atoms with Crippen LogP contribution in [0, 0.1) is 0 Å². The van der Waals surface area contributed by atoms with Crippen molar-refractivity contribution in [3.63, 3.8) is 0 Å². The summed E-state index contributed by atoms with van der Waals surface area (Å²) in [5.41, 5.74) is 0.141. The van der Waals surface area contributed by atoms with E-state index in [1.165, 1.54) is 4.57 Å². The van der Waals surface area contributed by atoms with Gasteiger partial charge in [-0.25, -0.2) is 4.79 Å². The highest BCUT2D eigenvalue weighted by Crippen LogP contribution is 2.19. The molecule has 2 rings (SSSR count). The first-order valence-electron chi connectivity index (χ1n) is 6.72. The number of carbonyl (C=O) groups excluding carboxylic acids is 1. The Morgan fingerprint density at radius 1 is 1.18 bits per heavy atom. The largest absolute Gasteiger partial charge is 0.443 e. The minimum Gasteiger partial charge on any atom is -0.443 e. The molecule has 1 aromatic carbocycles. The summed E-state index contributed by atoms with van der Waals surface area (Å²) in [4.78, 5) is 12.0. The highest BCUT2D eigenvalue weighted by Gasteiger charge is 2.18. The fourth-order valence-corrected chi connectivity index (χ4v) is 2.23. The van der Waals surface area contributed by atoms with Crippen LogP contribution in [0.25, 0.3) is 10.8 Å². The molecule has 0 radical (unpaired) electrons. The van der Waals surface area contributed by atoms with Crippen LogP contribution in [0.4, 0.5) is 4.79 Å². The smallest absolute Gasteiger partial charge is 0.418 e. The molecule has 0 saturated carbocycles. The Morgan fingerprint density at radius 2 is 1.82 bits per heavy atom. The van der Waals surface area contributed by atoms with E-state index < -0.39 is 21.8 Å². The van der Waals surface area contributed by atoms with Gasteiger partial charge in [-0.2, -0.15) is 8.42 Å². The number of ether oxygens (including phenoxy) is 1. The van der Waals surface area contributed by atoms with Crippen molar-refractivity contribution in [1.29, 1.82) is 0 Å². The normalized spacial score (nSPS) is 12.5. The van der Waals surface area contributed by atoms with E-state index in [-0.39, 0.29) is 6.61 Å². The molecule has 0 fully saturated rings. The fourth-order valence-electron chi connectivity index (χ4n) is 1.88. The highest BCUT2D eigenvalue weighted by atomic mass is 32.2. The average molecular weight is 325 g/mol. The summed E-state index contributed by atoms with van der Waals surface area (Å²) in [6, 6.07) is 5.34. The van der Waals surface area contributed by atoms with Crippen LogP contribution in [0.2, 0.25) is 0 Å². The Labute approximate surface area is 129 Å². The summed E-state index contributed by atoms with van der Waals surface area (Å²) in [5, 5.41) is 1.66. The molecule has 2 aromatic rings. The molecule has 0 aliphatic carbocycles. The van der Waals surface area contributed by atoms with E-state index >= 15 is 0 Å². The van der Waals surface area contributed by atoms with Crippen LogP contribution in [0.3, 0.4) is 0 Å². The minimum atomic E-state index is -3.48. The van der Waals surface area contributed by atoms with Gasteiger partial charge in [0.1, 0.15) is 5.60 Å². The number of nitrogens with zero attached hydrogens (tertiary/aromatic N) is 1. The van der Waals surface area contributed by atoms with Crippen molar-refractivity contribution in [1.82, 2.24) is 4.57 Å². The molecular formula is C15H19NO5S. The molecule has 0 atom stereocenters. The predicted molar refractivity (Wildman–Crippen MR) is 83.2 cm³/mol. The van der Waals surface area contributed by atoms with Crippen molar-refractivity contribution in [2.75, 3.05) is 6.26 Å². The Morgan fingerprint density at radius 3 is 2.41 bits per heavy atom. The van der Waals surface area contributed by atoms with Crippen molar-refractivity contribution >= 4 is 27.0 Å². The second-order valence-corrected chi connectivity index (χ2v) is 7.72. The third-order valence-electron chi connectivity index (χ3n) is 2.75. The summed E-state index contributed by atoms with van der Waals surface area (Å²) in [6.07, 6.45) is 3.86. The van der Waals surface area contributed by atoms with E-state index in [1.54, 1.807) is 51.4 Å². The molecule has 0 bridgehead atoms. The lowest BCUT2D eigenvalue weighted by Gasteiger charge is -2.19. The van der Waals surface area contributed by atoms with Crippen LogP contribution in [0.1, 0.15) is 26.3 Å². The molecule has 7 heteroatoms. The molecule has 22 heavy (non-hydrogen) atoms. The van der Waals surface area contributed by atoms with Crippen LogP contribution >= 0.6 is 0 Å². The van der Waals surface area contributed by atoms with Crippen molar-refractivity contribution in [3.05, 3.63) is 36.2 Å². The third-order valence-corrected chi connectivity index (χ3v) is 3.30. The Balaban J connectivity index is 2.22. The van der Waals surface area contributed by atoms with Crippen molar-refractivity contribution in [2.24, 2.45) is 0 Å². The lowest BCUT2D eigenvalue weighted by molar-refractivity contribution is 0.0538. The lowest BCUT2D eigenvalue weighted by Crippen LogP contribution is -2.26. The Bertz CT molecular complexity index is 799. The first-order chi connectivity index (χ1) is 10.0. The quantitative estimate of drug-likeness (QED) is 0.811. The van der Waals surface area contributed by atoms with Gasteiger partial charge in [0, 0.05) is 17.8 Å². The monoisotopic (exact) mass is 325 g/mol. The van der Waals surface area contributed by atoms with Gasteiger partial charge in [0.05, 0.1) is 12.9 Å². The number of fused-ring (bicyclic) bond motifs is 1. The van der Waals surface area contributed by atoms with E-state index in [0.717, 1.165) is 17.0 Å². The number of hydrogen-bond donors (Lipinski definition) is 0. The molecule has 1 heterocycles. The number of aromatic nitrogens is 1. The van der Waals surface area contributed by atoms with E-state index in [4.69, 9.17) is 8.92 Å². The van der Waals surface area contributed by atoms with E-state index in [2.05, 4.69) is 0 Å². The lowest BCUT2D eigenvalue weighted by atomic mass is 10.1. The summed E-state index contributed by atoms with van der Waals surface area (Å²) in [6.45, 7) is 5.37. The maximum atomic E-state index is 12.0. The molecule has 0 saturated heterocycles. The Kier molecular flexibility index (Phi) is 4.30. The van der Waals surface area contributed by atoms with Crippen LogP contribution < -0.4 is 0 Å². The Hall–Kier alpha value is -1.86. The molecule has 120 valence electrons. The van der Waals surface area contributed by atoms with Gasteiger partial charge in [-0.15, -0.1) is 0 Å². The van der Waals surface area contributed by atoms with Gasteiger partial charge in [0.15, 0.2) is 0 Å². The summed E-state index contributed by atoms with van der Waals surface area (Å²) in [5.74, 6) is 0. The standard InChI is InChI=1S/C15H19NO5S/c1-15(2,3)21-14(17)16-8-12-6-5-11(7-13(12)9-16)10-20-22(4,18)19/h5-9H,10H2,1-4H3. The second kappa shape index (κ2) is 5.73. The predicted octanol–water partition coefficient (Wildman–Crippen LogP) is 2.90. The third kappa shape index (κ3) is 4.57. The molecule has 1 aromatic heterocycles. The zero-order valence-electron chi connectivity index (χ0n) is 13.0. The summed E-state index contributed by atoms with van der Waals surface area (Å²) >= 11 is 0. The van der Waals surface area contributed by atoms with Crippen LogP contribution in [0.5, 0.6) is 0 Å². The topological polar surface area (TPSA) is 74.6 Å². The summed E-state index contributed by atoms with van der Waals surface area (Å²) < 4.78 is 33.4. The number of benzene rings is 1. The fraction of sp³-hybridized carbons (Fsp3) is 0.400. The van der Waals surface area contributed by atoms with Gasteiger partial charge < -0.3 is 4.74 Å². The average Bonchev–Trinajstić information content (AvgIpc) is 2.76. The van der Waals surface area contributed by atoms with Gasteiger partial charge in [0.25, 0.3) is 10.1 Å². The van der Waals surface area contributed by atoms with Crippen molar-refractivity contribution < 1.29 is 22.1 Å². The van der Waals surface area contributed by atoms with E-state index in [9.17, 15) is 13.2 Å². The molecule has 0 amide bonds. The number of hydrogen-bond acceptors (Lipinski definition) is 5. The molecule has 0 unspecified atom stereocenters. The number of carbonyl (C=O) groups is 1. The van der Waals surface area contributed by atoms with Crippen molar-refractivity contribution in [2.45, 2.75) is 33.0 Å².